The number of allylic oxidation sites excluding steroid dienone is 1. The fourth-order valence-corrected chi connectivity index (χ4v) is 11.0. The van der Waals surface area contributed by atoms with Crippen LogP contribution in [0.2, 0.25) is 0 Å². The summed E-state index contributed by atoms with van der Waals surface area (Å²) in [4.78, 5) is 4.99. The Bertz CT molecular complexity index is 1900. The lowest BCUT2D eigenvalue weighted by atomic mass is 9.71. The van der Waals surface area contributed by atoms with E-state index in [0.29, 0.717) is 49.1 Å². The number of aliphatic hydroxyl groups excluding tert-OH is 5. The van der Waals surface area contributed by atoms with E-state index in [1.54, 1.807) is 13.0 Å². The van der Waals surface area contributed by atoms with Crippen LogP contribution in [-0.2, 0) is 6.42 Å². The summed E-state index contributed by atoms with van der Waals surface area (Å²) in [6.45, 7) is 2.33. The lowest BCUT2D eigenvalue weighted by Gasteiger charge is -2.33. The van der Waals surface area contributed by atoms with Gasteiger partial charge in [-0.2, -0.15) is 0 Å². The highest BCUT2D eigenvalue weighted by atomic mass is 16.5. The minimum absolute atomic E-state index is 0.00319. The molecule has 0 aromatic heterocycles. The van der Waals surface area contributed by atoms with Gasteiger partial charge in [0.05, 0.1) is 24.2 Å². The maximum atomic E-state index is 11.4. The number of aromatic hydroxyl groups is 1. The Morgan fingerprint density at radius 3 is 2.70 bits per heavy atom. The van der Waals surface area contributed by atoms with E-state index in [2.05, 4.69) is 23.5 Å². The monoisotopic (exact) mass is 869 g/mol. The standard InChI is InChI=1S/C52H73N3O8/c1-33(58)30-54-45(15-9-25-56)51-41-14-8-11-35(41)21-23-44-43(51)29-46(55-44)48(60)32-62-50-26-34(18-24-47(50)59)17-22-40-28-38(31-57)49(63-40)16-5-3-2-4-12-39(53)27-37-20-19-36-10-6-7-13-42(36)52(37)61/h6-7,10,13,18-20,24,26,28-29,33,35,37,39,41,45,48-49,51-52,54,56-58,60-61,63H,2-5,8-9,11-12,14-17,21-23,25,27,30-32,53H2,1H3/p+1/t33-,35+,37-,39-,41-,45+,48-,49?,51-,52-/m0/s1. The Labute approximate surface area is 375 Å². The van der Waals surface area contributed by atoms with Crippen LogP contribution in [0.1, 0.15) is 126 Å². The number of phenolic OH excluding ortho intramolecular Hbond substituents is 1. The van der Waals surface area contributed by atoms with E-state index in [1.165, 1.54) is 18.8 Å². The number of aliphatic imine (C=N–C) groups is 1. The van der Waals surface area contributed by atoms with Crippen molar-refractivity contribution in [2.75, 3.05) is 26.4 Å². The van der Waals surface area contributed by atoms with Crippen molar-refractivity contribution >= 4 is 11.8 Å². The third kappa shape index (κ3) is 12.4. The molecule has 2 fully saturated rings. The van der Waals surface area contributed by atoms with E-state index in [0.717, 1.165) is 105 Å². The molecule has 63 heavy (non-hydrogen) atoms. The van der Waals surface area contributed by atoms with E-state index in [4.69, 9.17) is 20.2 Å². The van der Waals surface area contributed by atoms with Gasteiger partial charge in [0.1, 0.15) is 30.4 Å². The molecule has 344 valence electrons. The summed E-state index contributed by atoms with van der Waals surface area (Å²) in [7, 11) is 0. The Balaban J connectivity index is 0.848. The molecular weight excluding hydrogens is 795 g/mol. The van der Waals surface area contributed by atoms with Crippen molar-refractivity contribution < 1.29 is 40.1 Å². The van der Waals surface area contributed by atoms with Crippen molar-refractivity contribution in [3.05, 3.63) is 101 Å². The molecule has 2 heterocycles. The van der Waals surface area contributed by atoms with E-state index < -0.39 is 18.3 Å². The SMILES string of the molecule is C[C@H](O)CN[C@H](CCCO)[C@@H]1[C+]2C=C([C@@H](O)COc3cc(CC[C-]4C=C(CO)C(CCCCCC[C@H](N)C[C@@H]5C=Cc6ccccc6[C@H]5O)[OH+]4)ccc3O)N=C2CC[C@H]2CCC[C@@H]21. The molecule has 0 bridgehead atoms. The van der Waals surface area contributed by atoms with E-state index >= 15 is 0 Å². The molecule has 0 radical (unpaired) electrons. The van der Waals surface area contributed by atoms with Gasteiger partial charge in [-0.15, -0.1) is 16.6 Å². The van der Waals surface area contributed by atoms with Gasteiger partial charge in [0, 0.05) is 50.6 Å². The minimum atomic E-state index is -0.983. The Kier molecular flexibility index (Phi) is 17.3. The molecule has 10 N–H and O–H groups in total. The van der Waals surface area contributed by atoms with Crippen LogP contribution < -0.4 is 15.8 Å². The maximum absolute atomic E-state index is 11.4. The first kappa shape index (κ1) is 47.3. The van der Waals surface area contributed by atoms with Crippen LogP contribution in [0, 0.1) is 35.7 Å². The van der Waals surface area contributed by atoms with Crippen LogP contribution in [0.15, 0.2) is 77.0 Å². The molecule has 0 amide bonds. The number of aryl methyl sites for hydroxylation is 1. The number of nitrogens with one attached hydrogen (secondary N) is 1. The summed E-state index contributed by atoms with van der Waals surface area (Å²) < 4.78 is 11.1. The van der Waals surface area contributed by atoms with Gasteiger partial charge in [-0.1, -0.05) is 74.6 Å². The number of nitrogens with two attached hydrogens (primary N) is 1. The second-order valence-corrected chi connectivity index (χ2v) is 19.0. The van der Waals surface area contributed by atoms with E-state index in [1.807, 2.05) is 42.5 Å². The van der Waals surface area contributed by atoms with E-state index in [9.17, 15) is 30.6 Å². The topological polar surface area (TPSA) is 194 Å². The quantitative estimate of drug-likeness (QED) is 0.0322. The Morgan fingerprint density at radius 1 is 1.03 bits per heavy atom. The first-order chi connectivity index (χ1) is 30.6. The number of hydrogen-bond acceptors (Lipinski definition) is 10. The molecule has 3 aliphatic carbocycles. The first-order valence-corrected chi connectivity index (χ1v) is 24.0. The molecule has 1 unspecified atom stereocenters. The largest absolute Gasteiger partial charge is 0.504 e. The fourth-order valence-electron chi connectivity index (χ4n) is 11.0. The summed E-state index contributed by atoms with van der Waals surface area (Å²) in [6.07, 6.45) is 22.5. The number of aliphatic hydroxyl groups is 7. The summed E-state index contributed by atoms with van der Waals surface area (Å²) in [5.41, 5.74) is 12.1. The second-order valence-electron chi connectivity index (χ2n) is 19.0. The average molecular weight is 869 g/mol. The van der Waals surface area contributed by atoms with Crippen LogP contribution in [0.25, 0.3) is 6.08 Å². The zero-order valence-electron chi connectivity index (χ0n) is 37.3. The van der Waals surface area contributed by atoms with Crippen LogP contribution in [0.3, 0.4) is 0 Å². The molecule has 2 aliphatic heterocycles. The van der Waals surface area contributed by atoms with Crippen molar-refractivity contribution in [3.8, 4) is 11.5 Å². The van der Waals surface area contributed by atoms with Crippen molar-refractivity contribution in [2.45, 2.75) is 146 Å². The minimum Gasteiger partial charge on any atom is -0.504 e. The highest BCUT2D eigenvalue weighted by Gasteiger charge is 2.52. The summed E-state index contributed by atoms with van der Waals surface area (Å²) in [5, 5.41) is 66.7. The van der Waals surface area contributed by atoms with Crippen molar-refractivity contribution in [1.29, 1.82) is 0 Å². The molecule has 11 heteroatoms. The van der Waals surface area contributed by atoms with Gasteiger partial charge < -0.3 is 51.2 Å². The van der Waals surface area contributed by atoms with Gasteiger partial charge in [0.25, 0.3) is 0 Å². The number of fused-ring (bicyclic) bond motifs is 3. The number of phenols is 1. The van der Waals surface area contributed by atoms with Gasteiger partial charge in [-0.05, 0) is 105 Å². The van der Waals surface area contributed by atoms with Crippen molar-refractivity contribution in [2.24, 2.45) is 34.4 Å². The highest BCUT2D eigenvalue weighted by molar-refractivity contribution is 6.03. The molecule has 10 atom stereocenters. The van der Waals surface area contributed by atoms with E-state index in [-0.39, 0.29) is 55.6 Å². The van der Waals surface area contributed by atoms with Crippen molar-refractivity contribution in [3.63, 3.8) is 0 Å². The van der Waals surface area contributed by atoms with Gasteiger partial charge in [0.15, 0.2) is 17.6 Å². The zero-order valence-corrected chi connectivity index (χ0v) is 37.3. The number of unbranched alkanes of at least 4 members (excludes halogenated alkanes) is 3. The normalized spacial score (nSPS) is 26.0. The first-order valence-electron chi connectivity index (χ1n) is 24.0. The molecule has 0 spiro atoms. The number of rotatable bonds is 24. The number of ether oxygens (including phenoxy) is 2. The molecule has 11 nitrogen and oxygen atoms in total. The molecule has 0 saturated heterocycles. The predicted octanol–water partition coefficient (Wildman–Crippen LogP) is 6.71. The predicted molar refractivity (Wildman–Crippen MR) is 249 cm³/mol. The average Bonchev–Trinajstić information content (AvgIpc) is 4.02. The van der Waals surface area contributed by atoms with Crippen LogP contribution in [0.5, 0.6) is 11.5 Å². The van der Waals surface area contributed by atoms with Crippen LogP contribution >= 0.6 is 0 Å². The highest BCUT2D eigenvalue weighted by Crippen LogP contribution is 2.50. The van der Waals surface area contributed by atoms with Gasteiger partial charge in [-0.3, -0.25) is 0 Å². The van der Waals surface area contributed by atoms with Crippen molar-refractivity contribution in [1.82, 2.24) is 5.32 Å². The number of hydrogen-bond donors (Lipinski definition) is 8. The summed E-state index contributed by atoms with van der Waals surface area (Å²) in [6, 6.07) is 13.5. The molecule has 2 aromatic rings. The fraction of sp³-hybridized carbons (Fsp3) is 0.596. The zero-order chi connectivity index (χ0) is 44.3. The second kappa shape index (κ2) is 23.0. The molecule has 7 rings (SSSR count). The van der Waals surface area contributed by atoms with Crippen LogP contribution in [0.4, 0.5) is 0 Å². The smallest absolute Gasteiger partial charge is 0.208 e. The summed E-state index contributed by atoms with van der Waals surface area (Å²) in [5.74, 6) is 2.84. The summed E-state index contributed by atoms with van der Waals surface area (Å²) >= 11 is 0. The number of benzene rings is 2. The molecular formula is C52H74N3O8+. The third-order valence-electron chi connectivity index (χ3n) is 14.3. The molecule has 2 saturated carbocycles. The molecule has 2 aromatic carbocycles. The molecule has 5 aliphatic rings. The Morgan fingerprint density at radius 2 is 1.87 bits per heavy atom. The van der Waals surface area contributed by atoms with Gasteiger partial charge in [0.2, 0.25) is 5.70 Å². The van der Waals surface area contributed by atoms with Crippen LogP contribution in [-0.4, -0.2) is 97.8 Å². The number of nitrogens with zero attached hydrogens (tertiary/aromatic N) is 1. The Hall–Kier alpha value is -3.65. The third-order valence-corrected chi connectivity index (χ3v) is 14.3. The maximum Gasteiger partial charge on any atom is 0.208 e. The lowest BCUT2D eigenvalue weighted by Crippen LogP contribution is -2.46. The van der Waals surface area contributed by atoms with Gasteiger partial charge in [-0.25, -0.2) is 0 Å². The lowest BCUT2D eigenvalue weighted by molar-refractivity contribution is -0.0552. The van der Waals surface area contributed by atoms with Gasteiger partial charge >= 0.3 is 0 Å².